The van der Waals surface area contributed by atoms with Gasteiger partial charge in [-0.15, -0.1) is 0 Å². The summed E-state index contributed by atoms with van der Waals surface area (Å²) in [5, 5.41) is 10.5. The number of carbonyl (C=O) groups is 2. The van der Waals surface area contributed by atoms with Crippen LogP contribution in [0.3, 0.4) is 0 Å². The van der Waals surface area contributed by atoms with E-state index in [2.05, 4.69) is 133 Å². The van der Waals surface area contributed by atoms with E-state index in [-0.39, 0.29) is 45.4 Å². The molecule has 1 N–H and O–H groups in total. The maximum absolute atomic E-state index is 14.9. The highest BCUT2D eigenvalue weighted by molar-refractivity contribution is 6.75. The molecule has 0 aliphatic carbocycles. The van der Waals surface area contributed by atoms with Crippen molar-refractivity contribution in [1.82, 2.24) is 4.98 Å². The van der Waals surface area contributed by atoms with Crippen molar-refractivity contribution in [2.24, 2.45) is 17.3 Å². The zero-order chi connectivity index (χ0) is 44.6. The Morgan fingerprint density at radius 3 is 1.81 bits per heavy atom. The van der Waals surface area contributed by atoms with Gasteiger partial charge < -0.3 is 18.4 Å². The zero-order valence-corrected chi connectivity index (χ0v) is 43.7. The van der Waals surface area contributed by atoms with Gasteiger partial charge in [0.05, 0.1) is 30.4 Å². The summed E-state index contributed by atoms with van der Waals surface area (Å²) in [5.41, 5.74) is 1.06. The van der Waals surface area contributed by atoms with Gasteiger partial charge in [-0.3, -0.25) is 14.6 Å². The van der Waals surface area contributed by atoms with E-state index in [0.29, 0.717) is 17.9 Å². The van der Waals surface area contributed by atoms with E-state index < -0.39 is 48.4 Å². The van der Waals surface area contributed by atoms with Crippen LogP contribution >= 0.6 is 11.6 Å². The molecular weight excluding hydrogens is 782 g/mol. The highest BCUT2D eigenvalue weighted by Crippen LogP contribution is 2.45. The van der Waals surface area contributed by atoms with E-state index in [1.165, 1.54) is 5.57 Å². The summed E-state index contributed by atoms with van der Waals surface area (Å²) in [4.78, 5) is 31.6. The van der Waals surface area contributed by atoms with E-state index in [0.717, 1.165) is 25.0 Å². The Hall–Kier alpha value is -1.41. The van der Waals surface area contributed by atoms with Gasteiger partial charge in [0.25, 0.3) is 0 Å². The number of pyridine rings is 1. The normalized spacial score (nSPS) is 17.2. The fourth-order valence-electron chi connectivity index (χ4n) is 6.17. The Morgan fingerprint density at radius 2 is 1.35 bits per heavy atom. The monoisotopic (exact) mass is 866 g/mol. The molecule has 1 heterocycles. The fourth-order valence-corrected chi connectivity index (χ4v) is 10.7. The molecule has 0 saturated carbocycles. The molecule has 0 fully saturated rings. The molecule has 0 spiro atoms. The number of carboxylic acids is 1. The van der Waals surface area contributed by atoms with Crippen molar-refractivity contribution < 1.29 is 28.0 Å². The Bertz CT molecular complexity index is 1500. The first-order valence-electron chi connectivity index (χ1n) is 21.3. The number of hydrogen-bond acceptors (Lipinski definition) is 6. The number of Topliss-reactive ketones (excluding diaryl/α,β-unsaturated/α-hetero) is 1. The van der Waals surface area contributed by atoms with Crippen LogP contribution in [0.2, 0.25) is 54.4 Å². The molecule has 11 heteroatoms. The van der Waals surface area contributed by atoms with Crippen LogP contribution in [0.5, 0.6) is 0 Å². The van der Waals surface area contributed by atoms with Crippen LogP contribution in [0.4, 0.5) is 0 Å². The third-order valence-corrected chi connectivity index (χ3v) is 27.2. The standard InChI is InChI=1S/C46H84ClNO6Si3/c1-21-36(42(51)46(13,14)39(32-40(49)50)53-56(17,18)44(7,8)9)41(54-57(19,20)45(10,11)12)34(3)26-24-25-33(2)28-29-38(52-55(15,16)43(4,5)6)37(47)31-35-27-22-23-30-48-35/h22-23,27-28,30-31,34,36,38-39,41H,21,24-26,29,32H2,1-20H3,(H,49,50)/b33-28-,37-31-/t34-,36+,38-,39-,41-/m0/s1. The van der Waals surface area contributed by atoms with Crippen LogP contribution in [-0.2, 0) is 22.9 Å². The number of rotatable bonds is 22. The summed E-state index contributed by atoms with van der Waals surface area (Å²) < 4.78 is 20.9. The van der Waals surface area contributed by atoms with Crippen molar-refractivity contribution in [2.45, 2.75) is 208 Å². The van der Waals surface area contributed by atoms with Gasteiger partial charge in [-0.05, 0) is 118 Å². The van der Waals surface area contributed by atoms with Crippen molar-refractivity contribution in [3.05, 3.63) is 46.8 Å². The van der Waals surface area contributed by atoms with Crippen LogP contribution in [0.1, 0.15) is 141 Å². The van der Waals surface area contributed by atoms with E-state index in [9.17, 15) is 14.7 Å². The molecule has 57 heavy (non-hydrogen) atoms. The van der Waals surface area contributed by atoms with Gasteiger partial charge in [-0.25, -0.2) is 0 Å². The minimum Gasteiger partial charge on any atom is -0.481 e. The van der Waals surface area contributed by atoms with E-state index in [1.807, 2.05) is 38.1 Å². The molecule has 328 valence electrons. The maximum Gasteiger partial charge on any atom is 0.305 e. The summed E-state index contributed by atoms with van der Waals surface area (Å²) in [7, 11) is -6.83. The van der Waals surface area contributed by atoms with Crippen LogP contribution < -0.4 is 0 Å². The minimum atomic E-state index is -2.40. The molecule has 0 saturated heterocycles. The lowest BCUT2D eigenvalue weighted by Crippen LogP contribution is -2.54. The summed E-state index contributed by atoms with van der Waals surface area (Å²) in [5.74, 6) is -1.23. The lowest BCUT2D eigenvalue weighted by molar-refractivity contribution is -0.147. The third kappa shape index (κ3) is 15.9. The number of nitrogens with zero attached hydrogens (tertiary/aromatic N) is 1. The molecule has 0 aliphatic heterocycles. The summed E-state index contributed by atoms with van der Waals surface area (Å²) >= 11 is 7.00. The number of hydrogen-bond donors (Lipinski definition) is 1. The highest BCUT2D eigenvalue weighted by atomic mass is 35.5. The molecule has 0 amide bonds. The molecule has 1 aromatic rings. The van der Waals surface area contributed by atoms with Crippen LogP contribution in [0.25, 0.3) is 6.08 Å². The van der Waals surface area contributed by atoms with Crippen LogP contribution in [-0.4, -0.2) is 65.1 Å². The van der Waals surface area contributed by atoms with Gasteiger partial charge in [-0.1, -0.05) is 119 Å². The second-order valence-corrected chi connectivity index (χ2v) is 36.4. The van der Waals surface area contributed by atoms with E-state index in [4.69, 9.17) is 24.9 Å². The lowest BCUT2D eigenvalue weighted by Gasteiger charge is -2.47. The molecule has 5 atom stereocenters. The van der Waals surface area contributed by atoms with E-state index in [1.54, 1.807) is 6.20 Å². The summed E-state index contributed by atoms with van der Waals surface area (Å²) in [6, 6.07) is 5.81. The average Bonchev–Trinajstić information content (AvgIpc) is 3.04. The smallest absolute Gasteiger partial charge is 0.305 e. The summed E-state index contributed by atoms with van der Waals surface area (Å²) in [6.07, 6.45) is 8.43. The summed E-state index contributed by atoms with van der Waals surface area (Å²) in [6.45, 7) is 43.4. The first-order chi connectivity index (χ1) is 25.6. The van der Waals surface area contributed by atoms with Crippen LogP contribution in [0.15, 0.2) is 41.1 Å². The largest absolute Gasteiger partial charge is 0.481 e. The van der Waals surface area contributed by atoms with Crippen molar-refractivity contribution in [1.29, 1.82) is 0 Å². The van der Waals surface area contributed by atoms with Gasteiger partial charge in [0.15, 0.2) is 25.0 Å². The van der Waals surface area contributed by atoms with Gasteiger partial charge in [-0.2, -0.15) is 0 Å². The number of allylic oxidation sites excluding steroid dienone is 1. The molecule has 1 aromatic heterocycles. The van der Waals surface area contributed by atoms with Gasteiger partial charge >= 0.3 is 5.97 Å². The third-order valence-electron chi connectivity index (χ3n) is 13.4. The minimum absolute atomic E-state index is 0.0324. The Morgan fingerprint density at radius 1 is 0.842 bits per heavy atom. The topological polar surface area (TPSA) is 95.0 Å². The van der Waals surface area contributed by atoms with Crippen molar-refractivity contribution in [2.75, 3.05) is 0 Å². The SMILES string of the molecule is CC[C@@H](C(=O)C(C)(C)[C@H](CC(=O)O)O[Si](C)(C)C(C)(C)C)[C@@H](O[Si](C)(C)C(C)(C)C)[C@@H](C)CCC/C(C)=C\C[C@H](O[Si](C)(C)C(C)(C)C)/C(Cl)=C/c1ccccn1. The second kappa shape index (κ2) is 20.9. The number of carbonyl (C=O) groups excluding carboxylic acids is 1. The van der Waals surface area contributed by atoms with Gasteiger partial charge in [0.1, 0.15) is 5.78 Å². The first-order valence-corrected chi connectivity index (χ1v) is 30.4. The first kappa shape index (κ1) is 53.6. The molecule has 0 unspecified atom stereocenters. The van der Waals surface area contributed by atoms with Gasteiger partial charge in [0.2, 0.25) is 0 Å². The number of ketones is 1. The number of halogens is 1. The predicted molar refractivity (Wildman–Crippen MR) is 250 cm³/mol. The van der Waals surface area contributed by atoms with E-state index >= 15 is 0 Å². The second-order valence-electron chi connectivity index (χ2n) is 21.7. The van der Waals surface area contributed by atoms with Crippen molar-refractivity contribution in [3.63, 3.8) is 0 Å². The fraction of sp³-hybridized carbons (Fsp3) is 0.761. The maximum atomic E-state index is 14.9. The Kier molecular flexibility index (Phi) is 19.7. The van der Waals surface area contributed by atoms with Gasteiger partial charge in [0, 0.05) is 22.6 Å². The Balaban J connectivity index is 3.44. The molecule has 0 radical (unpaired) electrons. The van der Waals surface area contributed by atoms with Crippen molar-refractivity contribution >= 4 is 54.4 Å². The zero-order valence-electron chi connectivity index (χ0n) is 39.9. The predicted octanol–water partition coefficient (Wildman–Crippen LogP) is 14.1. The van der Waals surface area contributed by atoms with Crippen molar-refractivity contribution in [3.8, 4) is 0 Å². The molecule has 7 nitrogen and oxygen atoms in total. The number of aliphatic carboxylic acids is 1. The average molecular weight is 867 g/mol. The molecule has 1 rings (SSSR count). The quantitative estimate of drug-likeness (QED) is 0.0916. The number of aromatic nitrogens is 1. The molecule has 0 aliphatic rings. The number of carboxylic acid groups (broad SMARTS) is 1. The Labute approximate surface area is 358 Å². The van der Waals surface area contributed by atoms with Crippen LogP contribution in [0, 0.1) is 17.3 Å². The molecule has 0 aromatic carbocycles. The molecular formula is C46H84ClNO6Si3. The lowest BCUT2D eigenvalue weighted by atomic mass is 9.71. The molecule has 0 bridgehead atoms. The highest BCUT2D eigenvalue weighted by Gasteiger charge is 2.50.